The largest absolute Gasteiger partial charge is 0.385 e. The molecule has 2 heteroatoms. The lowest BCUT2D eigenvalue weighted by Crippen LogP contribution is -2.40. The molecule has 1 N–H and O–H groups in total. The maximum Gasteiger partial charge on any atom is 0.0465 e. The highest BCUT2D eigenvalue weighted by Crippen LogP contribution is 2.33. The number of nitrogens with one attached hydrogen (secondary N) is 1. The van der Waals surface area contributed by atoms with Crippen molar-refractivity contribution in [1.82, 2.24) is 5.32 Å². The van der Waals surface area contributed by atoms with Crippen molar-refractivity contribution in [3.63, 3.8) is 0 Å². The Morgan fingerprint density at radius 1 is 1.25 bits per heavy atom. The fourth-order valence-electron chi connectivity index (χ4n) is 2.64. The standard InChI is InChI=1S/C14H29NO/c1-14(2,3)15-11-13(9-10-16-4)12-7-5-6-8-12/h12-13,15H,5-11H2,1-4H3. The topological polar surface area (TPSA) is 21.3 Å². The van der Waals surface area contributed by atoms with Crippen molar-refractivity contribution < 1.29 is 4.74 Å². The minimum atomic E-state index is 0.240. The number of hydrogen-bond acceptors (Lipinski definition) is 2. The number of hydrogen-bond donors (Lipinski definition) is 1. The highest BCUT2D eigenvalue weighted by molar-refractivity contribution is 4.80. The first-order valence-electron chi connectivity index (χ1n) is 6.77. The summed E-state index contributed by atoms with van der Waals surface area (Å²) in [7, 11) is 1.81. The fourth-order valence-corrected chi connectivity index (χ4v) is 2.64. The van der Waals surface area contributed by atoms with E-state index in [0.717, 1.165) is 25.0 Å². The fraction of sp³-hybridized carbons (Fsp3) is 1.00. The lowest BCUT2D eigenvalue weighted by atomic mass is 9.87. The quantitative estimate of drug-likeness (QED) is 0.752. The third-order valence-corrected chi connectivity index (χ3v) is 3.65. The van der Waals surface area contributed by atoms with E-state index < -0.39 is 0 Å². The van der Waals surface area contributed by atoms with Crippen molar-refractivity contribution >= 4 is 0 Å². The Bertz CT molecular complexity index is 180. The van der Waals surface area contributed by atoms with E-state index in [1.165, 1.54) is 32.1 Å². The molecule has 1 unspecified atom stereocenters. The molecule has 0 aromatic carbocycles. The van der Waals surface area contributed by atoms with Gasteiger partial charge in [-0.15, -0.1) is 0 Å². The Kier molecular flexibility index (Phi) is 5.77. The van der Waals surface area contributed by atoms with E-state index in [1.54, 1.807) is 0 Å². The van der Waals surface area contributed by atoms with Crippen LogP contribution in [0, 0.1) is 11.8 Å². The zero-order valence-corrected chi connectivity index (χ0v) is 11.5. The van der Waals surface area contributed by atoms with Crippen molar-refractivity contribution in [1.29, 1.82) is 0 Å². The molecule has 0 spiro atoms. The van der Waals surface area contributed by atoms with E-state index in [1.807, 2.05) is 7.11 Å². The zero-order chi connectivity index (χ0) is 12.0. The van der Waals surface area contributed by atoms with Crippen LogP contribution in [0.4, 0.5) is 0 Å². The van der Waals surface area contributed by atoms with E-state index in [9.17, 15) is 0 Å². The van der Waals surface area contributed by atoms with E-state index in [0.29, 0.717) is 0 Å². The van der Waals surface area contributed by atoms with Crippen LogP contribution in [0.2, 0.25) is 0 Å². The highest BCUT2D eigenvalue weighted by Gasteiger charge is 2.25. The second-order valence-electron chi connectivity index (χ2n) is 6.22. The average molecular weight is 227 g/mol. The van der Waals surface area contributed by atoms with Crippen molar-refractivity contribution in [3.05, 3.63) is 0 Å². The number of methoxy groups -OCH3 is 1. The Balaban J connectivity index is 2.36. The van der Waals surface area contributed by atoms with Crippen LogP contribution < -0.4 is 5.32 Å². The van der Waals surface area contributed by atoms with Crippen LogP contribution >= 0.6 is 0 Å². The number of ether oxygens (including phenoxy) is 1. The molecular formula is C14H29NO. The van der Waals surface area contributed by atoms with Crippen LogP contribution in [0.3, 0.4) is 0 Å². The zero-order valence-electron chi connectivity index (χ0n) is 11.5. The monoisotopic (exact) mass is 227 g/mol. The van der Waals surface area contributed by atoms with Gasteiger partial charge in [0.2, 0.25) is 0 Å². The molecule has 1 rings (SSSR count). The molecule has 0 aliphatic heterocycles. The van der Waals surface area contributed by atoms with Gasteiger partial charge in [-0.1, -0.05) is 25.7 Å². The first-order valence-corrected chi connectivity index (χ1v) is 6.77. The summed E-state index contributed by atoms with van der Waals surface area (Å²) in [5.74, 6) is 1.74. The van der Waals surface area contributed by atoms with E-state index >= 15 is 0 Å². The lowest BCUT2D eigenvalue weighted by molar-refractivity contribution is 0.155. The normalized spacial score (nSPS) is 20.2. The SMILES string of the molecule is COCCC(CNC(C)(C)C)C1CCCC1. The molecule has 0 aromatic heterocycles. The second kappa shape index (κ2) is 6.61. The van der Waals surface area contributed by atoms with Gasteiger partial charge < -0.3 is 10.1 Å². The molecule has 0 bridgehead atoms. The maximum absolute atomic E-state index is 5.24. The third kappa shape index (κ3) is 5.31. The van der Waals surface area contributed by atoms with Gasteiger partial charge in [0.25, 0.3) is 0 Å². The molecule has 1 atom stereocenters. The molecule has 1 aliphatic carbocycles. The smallest absolute Gasteiger partial charge is 0.0465 e. The summed E-state index contributed by atoms with van der Waals surface area (Å²) < 4.78 is 5.24. The van der Waals surface area contributed by atoms with Crippen molar-refractivity contribution in [2.24, 2.45) is 11.8 Å². The van der Waals surface area contributed by atoms with E-state index in [4.69, 9.17) is 4.74 Å². The van der Waals surface area contributed by atoms with Gasteiger partial charge in [0.05, 0.1) is 0 Å². The molecule has 2 nitrogen and oxygen atoms in total. The van der Waals surface area contributed by atoms with Gasteiger partial charge in [0, 0.05) is 19.3 Å². The van der Waals surface area contributed by atoms with Crippen LogP contribution in [0.5, 0.6) is 0 Å². The summed E-state index contributed by atoms with van der Waals surface area (Å²) in [6, 6.07) is 0. The first-order chi connectivity index (χ1) is 7.53. The van der Waals surface area contributed by atoms with Gasteiger partial charge in [0.1, 0.15) is 0 Å². The van der Waals surface area contributed by atoms with Crippen molar-refractivity contribution in [2.45, 2.75) is 58.4 Å². The van der Waals surface area contributed by atoms with Gasteiger partial charge in [-0.2, -0.15) is 0 Å². The third-order valence-electron chi connectivity index (χ3n) is 3.65. The molecular weight excluding hydrogens is 198 g/mol. The number of rotatable bonds is 6. The van der Waals surface area contributed by atoms with Crippen LogP contribution in [-0.2, 0) is 4.74 Å². The van der Waals surface area contributed by atoms with E-state index in [2.05, 4.69) is 26.1 Å². The lowest BCUT2D eigenvalue weighted by Gasteiger charge is -2.28. The van der Waals surface area contributed by atoms with Gasteiger partial charge in [0.15, 0.2) is 0 Å². The summed E-state index contributed by atoms with van der Waals surface area (Å²) in [4.78, 5) is 0. The summed E-state index contributed by atoms with van der Waals surface area (Å²) in [5, 5.41) is 3.65. The van der Waals surface area contributed by atoms with Gasteiger partial charge in [-0.3, -0.25) is 0 Å². The molecule has 0 heterocycles. The summed E-state index contributed by atoms with van der Waals surface area (Å²) in [6.45, 7) is 8.80. The van der Waals surface area contributed by atoms with Crippen LogP contribution in [0.1, 0.15) is 52.9 Å². The van der Waals surface area contributed by atoms with Crippen LogP contribution in [0.25, 0.3) is 0 Å². The first kappa shape index (κ1) is 14.0. The molecule has 1 aliphatic rings. The predicted octanol–water partition coefficient (Wildman–Crippen LogP) is 3.22. The maximum atomic E-state index is 5.24. The van der Waals surface area contributed by atoms with Crippen LogP contribution in [0.15, 0.2) is 0 Å². The molecule has 1 saturated carbocycles. The van der Waals surface area contributed by atoms with Gasteiger partial charge >= 0.3 is 0 Å². The van der Waals surface area contributed by atoms with Crippen molar-refractivity contribution in [2.75, 3.05) is 20.3 Å². The molecule has 0 radical (unpaired) electrons. The Labute approximate surface area is 101 Å². The Hall–Kier alpha value is -0.0800. The molecule has 1 fully saturated rings. The predicted molar refractivity (Wildman–Crippen MR) is 69.7 cm³/mol. The minimum Gasteiger partial charge on any atom is -0.385 e. The van der Waals surface area contributed by atoms with Crippen LogP contribution in [-0.4, -0.2) is 25.8 Å². The summed E-state index contributed by atoms with van der Waals surface area (Å²) in [5.41, 5.74) is 0.240. The Morgan fingerprint density at radius 3 is 2.38 bits per heavy atom. The minimum absolute atomic E-state index is 0.240. The highest BCUT2D eigenvalue weighted by atomic mass is 16.5. The molecule has 96 valence electrons. The summed E-state index contributed by atoms with van der Waals surface area (Å²) in [6.07, 6.45) is 6.94. The summed E-state index contributed by atoms with van der Waals surface area (Å²) >= 11 is 0. The second-order valence-corrected chi connectivity index (χ2v) is 6.22. The molecule has 0 amide bonds. The van der Waals surface area contributed by atoms with E-state index in [-0.39, 0.29) is 5.54 Å². The van der Waals surface area contributed by atoms with Crippen molar-refractivity contribution in [3.8, 4) is 0 Å². The molecule has 0 aromatic rings. The average Bonchev–Trinajstić information content (AvgIpc) is 2.69. The van der Waals surface area contributed by atoms with Gasteiger partial charge in [-0.25, -0.2) is 0 Å². The van der Waals surface area contributed by atoms with Gasteiger partial charge in [-0.05, 0) is 45.6 Å². The molecule has 16 heavy (non-hydrogen) atoms. The molecule has 0 saturated heterocycles. The Morgan fingerprint density at radius 2 is 1.88 bits per heavy atom.